The summed E-state index contributed by atoms with van der Waals surface area (Å²) in [6.45, 7) is 7.27. The lowest BCUT2D eigenvalue weighted by atomic mass is 9.80. The van der Waals surface area contributed by atoms with E-state index in [0.717, 1.165) is 6.61 Å². The number of hydrogen-bond donors (Lipinski definition) is 1. The molecule has 2 rings (SSSR count). The van der Waals surface area contributed by atoms with Gasteiger partial charge < -0.3 is 10.1 Å². The Morgan fingerprint density at radius 1 is 1.10 bits per heavy atom. The Morgan fingerprint density at radius 3 is 2.24 bits per heavy atom. The number of aryl methyl sites for hydroxylation is 2. The Hall–Kier alpha value is -0.860. The third-order valence-corrected chi connectivity index (χ3v) is 4.72. The monoisotopic (exact) mass is 289 g/mol. The quantitative estimate of drug-likeness (QED) is 0.829. The first-order valence-corrected chi connectivity index (χ1v) is 8.52. The minimum Gasteiger partial charge on any atom is -0.376 e. The Morgan fingerprint density at radius 2 is 1.71 bits per heavy atom. The second kappa shape index (κ2) is 7.95. The van der Waals surface area contributed by atoms with Crippen molar-refractivity contribution in [2.45, 2.75) is 65.0 Å². The fourth-order valence-electron chi connectivity index (χ4n) is 3.87. The Balaban J connectivity index is 2.25. The van der Waals surface area contributed by atoms with Crippen molar-refractivity contribution >= 4 is 0 Å². The van der Waals surface area contributed by atoms with Crippen LogP contribution in [-0.4, -0.2) is 19.8 Å². The van der Waals surface area contributed by atoms with Crippen molar-refractivity contribution in [1.82, 2.24) is 5.32 Å². The molecule has 2 unspecified atom stereocenters. The molecular formula is C19H31NO. The third-order valence-electron chi connectivity index (χ3n) is 4.72. The first-order valence-electron chi connectivity index (χ1n) is 8.52. The molecule has 21 heavy (non-hydrogen) atoms. The van der Waals surface area contributed by atoms with Crippen LogP contribution in [0, 0.1) is 19.8 Å². The fraction of sp³-hybridized carbons (Fsp3) is 0.684. The summed E-state index contributed by atoms with van der Waals surface area (Å²) < 4.78 is 6.21. The third kappa shape index (κ3) is 4.31. The number of ether oxygens (including phenoxy) is 1. The van der Waals surface area contributed by atoms with E-state index in [4.69, 9.17) is 4.74 Å². The van der Waals surface area contributed by atoms with E-state index in [1.807, 2.05) is 0 Å². The van der Waals surface area contributed by atoms with Gasteiger partial charge in [0.15, 0.2) is 0 Å². The van der Waals surface area contributed by atoms with Crippen LogP contribution in [0.4, 0.5) is 0 Å². The van der Waals surface area contributed by atoms with E-state index in [2.05, 4.69) is 51.3 Å². The van der Waals surface area contributed by atoms with Gasteiger partial charge in [0.2, 0.25) is 0 Å². The highest BCUT2D eigenvalue weighted by molar-refractivity contribution is 5.31. The van der Waals surface area contributed by atoms with Crippen molar-refractivity contribution < 1.29 is 4.74 Å². The van der Waals surface area contributed by atoms with E-state index >= 15 is 0 Å². The van der Waals surface area contributed by atoms with Gasteiger partial charge in [-0.15, -0.1) is 0 Å². The molecule has 2 heteroatoms. The molecule has 1 aliphatic rings. The van der Waals surface area contributed by atoms with Gasteiger partial charge in [0.25, 0.3) is 0 Å². The zero-order valence-corrected chi connectivity index (χ0v) is 14.1. The molecule has 1 saturated carbocycles. The highest BCUT2D eigenvalue weighted by Crippen LogP contribution is 2.34. The van der Waals surface area contributed by atoms with Crippen LogP contribution in [0.3, 0.4) is 0 Å². The van der Waals surface area contributed by atoms with Crippen LogP contribution in [0.25, 0.3) is 0 Å². The predicted octanol–water partition coefficient (Wildman–Crippen LogP) is 4.55. The van der Waals surface area contributed by atoms with Gasteiger partial charge in [-0.25, -0.2) is 0 Å². The van der Waals surface area contributed by atoms with E-state index in [9.17, 15) is 0 Å². The van der Waals surface area contributed by atoms with Crippen LogP contribution in [-0.2, 0) is 4.74 Å². The first-order chi connectivity index (χ1) is 10.2. The van der Waals surface area contributed by atoms with E-state index in [1.165, 1.54) is 48.8 Å². The summed E-state index contributed by atoms with van der Waals surface area (Å²) in [5.74, 6) is 0.692. The molecule has 0 saturated heterocycles. The molecule has 0 amide bonds. The lowest BCUT2D eigenvalue weighted by Crippen LogP contribution is -2.38. The van der Waals surface area contributed by atoms with Crippen LogP contribution < -0.4 is 5.32 Å². The van der Waals surface area contributed by atoms with Gasteiger partial charge in [0.1, 0.15) is 0 Å². The summed E-state index contributed by atoms with van der Waals surface area (Å²) in [6.07, 6.45) is 7.03. The molecular weight excluding hydrogens is 258 g/mol. The van der Waals surface area contributed by atoms with Crippen LogP contribution >= 0.6 is 0 Å². The van der Waals surface area contributed by atoms with Crippen LogP contribution in [0.15, 0.2) is 18.2 Å². The Labute approximate surface area is 130 Å². The van der Waals surface area contributed by atoms with E-state index < -0.39 is 0 Å². The van der Waals surface area contributed by atoms with E-state index in [1.54, 1.807) is 0 Å². The molecule has 1 N–H and O–H groups in total. The molecule has 2 nitrogen and oxygen atoms in total. The largest absolute Gasteiger partial charge is 0.376 e. The van der Waals surface area contributed by atoms with E-state index in [-0.39, 0.29) is 0 Å². The van der Waals surface area contributed by atoms with Crippen molar-refractivity contribution in [3.05, 3.63) is 34.9 Å². The van der Waals surface area contributed by atoms with Crippen molar-refractivity contribution in [2.24, 2.45) is 5.92 Å². The minimum atomic E-state index is 0.293. The summed E-state index contributed by atoms with van der Waals surface area (Å²) in [7, 11) is 2.07. The average molecular weight is 289 g/mol. The fourth-order valence-corrected chi connectivity index (χ4v) is 3.87. The normalized spacial score (nSPS) is 19.4. The lowest BCUT2D eigenvalue weighted by Gasteiger charge is -2.36. The first kappa shape index (κ1) is 16.5. The van der Waals surface area contributed by atoms with E-state index in [0.29, 0.717) is 18.1 Å². The molecule has 1 aromatic carbocycles. The number of benzene rings is 1. The van der Waals surface area contributed by atoms with Crippen LogP contribution in [0.1, 0.15) is 61.8 Å². The predicted molar refractivity (Wildman–Crippen MR) is 89.7 cm³/mol. The van der Waals surface area contributed by atoms with Gasteiger partial charge in [0.05, 0.1) is 12.1 Å². The highest BCUT2D eigenvalue weighted by Gasteiger charge is 2.31. The second-order valence-corrected chi connectivity index (χ2v) is 6.51. The maximum atomic E-state index is 6.21. The summed E-state index contributed by atoms with van der Waals surface area (Å²) in [5, 5.41) is 3.53. The van der Waals surface area contributed by atoms with Crippen molar-refractivity contribution in [3.8, 4) is 0 Å². The van der Waals surface area contributed by atoms with Crippen LogP contribution in [0.5, 0.6) is 0 Å². The average Bonchev–Trinajstić information content (AvgIpc) is 2.47. The Bertz CT molecular complexity index is 417. The maximum Gasteiger partial charge on any atom is 0.0797 e. The SMILES string of the molecule is CCOC(C1CCCCC1)C(NC)c1cc(C)cc(C)c1. The Kier molecular flexibility index (Phi) is 6.25. The van der Waals surface area contributed by atoms with Gasteiger partial charge >= 0.3 is 0 Å². The zero-order valence-electron chi connectivity index (χ0n) is 14.1. The van der Waals surface area contributed by atoms with Crippen molar-refractivity contribution in [2.75, 3.05) is 13.7 Å². The highest BCUT2D eigenvalue weighted by atomic mass is 16.5. The minimum absolute atomic E-state index is 0.293. The summed E-state index contributed by atoms with van der Waals surface area (Å²) >= 11 is 0. The van der Waals surface area contributed by atoms with Gasteiger partial charge in [-0.2, -0.15) is 0 Å². The molecule has 0 heterocycles. The number of hydrogen-bond acceptors (Lipinski definition) is 2. The van der Waals surface area contributed by atoms with Gasteiger partial charge in [0, 0.05) is 6.61 Å². The molecule has 1 fully saturated rings. The van der Waals surface area contributed by atoms with Gasteiger partial charge in [-0.1, -0.05) is 48.6 Å². The second-order valence-electron chi connectivity index (χ2n) is 6.51. The summed E-state index contributed by atoms with van der Waals surface area (Å²) in [5.41, 5.74) is 4.05. The molecule has 0 aliphatic heterocycles. The number of likely N-dealkylation sites (N-methyl/N-ethyl adjacent to an activating group) is 1. The van der Waals surface area contributed by atoms with Crippen molar-refractivity contribution in [1.29, 1.82) is 0 Å². The molecule has 1 aliphatic carbocycles. The lowest BCUT2D eigenvalue weighted by molar-refractivity contribution is -0.0167. The summed E-state index contributed by atoms with van der Waals surface area (Å²) in [6, 6.07) is 7.16. The smallest absolute Gasteiger partial charge is 0.0797 e. The summed E-state index contributed by atoms with van der Waals surface area (Å²) in [4.78, 5) is 0. The van der Waals surface area contributed by atoms with Gasteiger partial charge in [-0.3, -0.25) is 0 Å². The standard InChI is InChI=1S/C19H31NO/c1-5-21-19(16-9-7-6-8-10-16)18(20-4)17-12-14(2)11-15(3)13-17/h11-13,16,18-20H,5-10H2,1-4H3. The molecule has 0 aromatic heterocycles. The van der Waals surface area contributed by atoms with Crippen LogP contribution in [0.2, 0.25) is 0 Å². The molecule has 0 spiro atoms. The number of nitrogens with one attached hydrogen (secondary N) is 1. The van der Waals surface area contributed by atoms with Gasteiger partial charge in [-0.05, 0) is 52.1 Å². The molecule has 0 bridgehead atoms. The molecule has 0 radical (unpaired) electrons. The molecule has 2 atom stereocenters. The topological polar surface area (TPSA) is 21.3 Å². The molecule has 1 aromatic rings. The van der Waals surface area contributed by atoms with Crippen molar-refractivity contribution in [3.63, 3.8) is 0 Å². The maximum absolute atomic E-state index is 6.21. The zero-order chi connectivity index (χ0) is 15.2. The number of rotatable bonds is 6. The molecule has 118 valence electrons.